The van der Waals surface area contributed by atoms with Crippen LogP contribution in [0.5, 0.6) is 0 Å². The van der Waals surface area contributed by atoms with Crippen molar-refractivity contribution in [2.75, 3.05) is 0 Å². The van der Waals surface area contributed by atoms with Crippen molar-refractivity contribution in [1.29, 1.82) is 0 Å². The Labute approximate surface area is 197 Å². The summed E-state index contributed by atoms with van der Waals surface area (Å²) in [6, 6.07) is 15.4. The fraction of sp³-hybridized carbons (Fsp3) is 0.250. The number of nitrogens with one attached hydrogen (secondary N) is 2. The molecule has 10 heteroatoms. The third-order valence-electron chi connectivity index (χ3n) is 5.42. The fourth-order valence-electron chi connectivity index (χ4n) is 3.54. The lowest BCUT2D eigenvalue weighted by Crippen LogP contribution is -2.62. The van der Waals surface area contributed by atoms with Crippen LogP contribution < -0.4 is 10.6 Å². The molecule has 0 saturated carbocycles. The molecule has 0 bridgehead atoms. The molecular formula is C24H28BN4O5-. The highest BCUT2D eigenvalue weighted by Crippen LogP contribution is 2.13. The van der Waals surface area contributed by atoms with E-state index < -0.39 is 30.6 Å². The van der Waals surface area contributed by atoms with E-state index in [2.05, 4.69) is 20.6 Å². The number of aryl methyl sites for hydroxylation is 1. The van der Waals surface area contributed by atoms with Crippen molar-refractivity contribution in [3.8, 4) is 0 Å². The van der Waals surface area contributed by atoms with Crippen molar-refractivity contribution >= 4 is 18.6 Å². The molecule has 2 atom stereocenters. The van der Waals surface area contributed by atoms with E-state index in [1.165, 1.54) is 18.6 Å². The van der Waals surface area contributed by atoms with E-state index >= 15 is 0 Å². The summed E-state index contributed by atoms with van der Waals surface area (Å²) in [5.41, 5.74) is 2.57. The van der Waals surface area contributed by atoms with Crippen LogP contribution in [0, 0.1) is 0 Å². The Balaban J connectivity index is 1.81. The first-order valence-corrected chi connectivity index (χ1v) is 11.1. The number of hydrogen-bond acceptors (Lipinski definition) is 7. The minimum atomic E-state index is -3.89. The first-order chi connectivity index (χ1) is 16.3. The SMILES string of the molecule is CCc1cccc(C[C@H](NC(=O)[C@H](Cc2ccccc2)NC(=O)c2cnccn2)[B-](O)(O)O)c1. The molecule has 0 fully saturated rings. The second-order valence-electron chi connectivity index (χ2n) is 8.09. The molecule has 3 rings (SSSR count). The van der Waals surface area contributed by atoms with Crippen LogP contribution >= 0.6 is 0 Å². The number of benzene rings is 2. The monoisotopic (exact) mass is 463 g/mol. The van der Waals surface area contributed by atoms with Gasteiger partial charge in [-0.25, -0.2) is 4.98 Å². The maximum atomic E-state index is 13.2. The molecule has 0 radical (unpaired) electrons. The summed E-state index contributed by atoms with van der Waals surface area (Å²) in [6.07, 6.45) is 4.97. The molecule has 2 amide bonds. The molecule has 0 aliphatic heterocycles. The predicted molar refractivity (Wildman–Crippen MR) is 127 cm³/mol. The van der Waals surface area contributed by atoms with Gasteiger partial charge in [-0.1, -0.05) is 61.5 Å². The summed E-state index contributed by atoms with van der Waals surface area (Å²) in [6.45, 7) is -1.90. The van der Waals surface area contributed by atoms with Crippen molar-refractivity contribution in [1.82, 2.24) is 20.6 Å². The normalized spacial score (nSPS) is 13.1. The zero-order chi connectivity index (χ0) is 24.6. The Morgan fingerprint density at radius 3 is 2.26 bits per heavy atom. The minimum Gasteiger partial charge on any atom is -0.558 e. The summed E-state index contributed by atoms with van der Waals surface area (Å²) >= 11 is 0. The average Bonchev–Trinajstić information content (AvgIpc) is 2.84. The van der Waals surface area contributed by atoms with Crippen LogP contribution in [0.25, 0.3) is 0 Å². The number of carbonyl (C=O) groups is 2. The number of amides is 2. The molecule has 3 aromatic rings. The van der Waals surface area contributed by atoms with Crippen molar-refractivity contribution < 1.29 is 24.7 Å². The molecule has 1 aromatic heterocycles. The van der Waals surface area contributed by atoms with Gasteiger partial charge in [0.2, 0.25) is 5.91 Å². The molecular weight excluding hydrogens is 435 g/mol. The summed E-state index contributed by atoms with van der Waals surface area (Å²) in [7, 11) is 0. The zero-order valence-electron chi connectivity index (χ0n) is 18.8. The first-order valence-electron chi connectivity index (χ1n) is 11.1. The highest BCUT2D eigenvalue weighted by Gasteiger charge is 2.33. The Hall–Kier alpha value is -3.60. The molecule has 178 valence electrons. The molecule has 1 heterocycles. The van der Waals surface area contributed by atoms with Gasteiger partial charge in [0.15, 0.2) is 0 Å². The predicted octanol–water partition coefficient (Wildman–Crippen LogP) is 0.563. The standard InChI is InChI=1S/C24H28BN4O5/c1-2-17-9-6-10-19(13-17)15-22(25(32,33)34)29-23(30)20(14-18-7-4-3-5-8-18)28-24(31)21-16-26-11-12-27-21/h3-13,16,20,22,32-34H,2,14-15H2,1H3,(H,28,31)(H,29,30)/q-1/t20-,22-/m0/s1. The number of rotatable bonds is 10. The highest BCUT2D eigenvalue weighted by atomic mass is 16.5. The van der Waals surface area contributed by atoms with Crippen molar-refractivity contribution in [2.45, 2.75) is 38.2 Å². The third kappa shape index (κ3) is 7.21. The summed E-state index contributed by atoms with van der Waals surface area (Å²) in [5, 5.41) is 35.1. The van der Waals surface area contributed by atoms with E-state index in [0.717, 1.165) is 23.1 Å². The van der Waals surface area contributed by atoms with Gasteiger partial charge in [0.05, 0.1) is 6.20 Å². The van der Waals surface area contributed by atoms with Gasteiger partial charge in [-0.15, -0.1) is 0 Å². The van der Waals surface area contributed by atoms with E-state index in [0.29, 0.717) is 0 Å². The van der Waals surface area contributed by atoms with Gasteiger partial charge in [0.1, 0.15) is 11.7 Å². The zero-order valence-corrected chi connectivity index (χ0v) is 18.8. The maximum absolute atomic E-state index is 13.2. The molecule has 0 aliphatic carbocycles. The molecule has 0 spiro atoms. The van der Waals surface area contributed by atoms with Crippen LogP contribution in [-0.4, -0.2) is 55.6 Å². The second kappa shape index (κ2) is 11.5. The lowest BCUT2D eigenvalue weighted by molar-refractivity contribution is -0.123. The molecule has 9 nitrogen and oxygen atoms in total. The van der Waals surface area contributed by atoms with Gasteiger partial charge < -0.3 is 25.7 Å². The fourth-order valence-corrected chi connectivity index (χ4v) is 3.54. The van der Waals surface area contributed by atoms with E-state index in [9.17, 15) is 24.7 Å². The van der Waals surface area contributed by atoms with Crippen LogP contribution in [0.2, 0.25) is 0 Å². The Bertz CT molecular complexity index is 1090. The van der Waals surface area contributed by atoms with Crippen LogP contribution in [0.1, 0.15) is 34.1 Å². The van der Waals surface area contributed by atoms with E-state index in [1.54, 1.807) is 18.2 Å². The Morgan fingerprint density at radius 2 is 1.62 bits per heavy atom. The number of carbonyl (C=O) groups excluding carboxylic acids is 2. The van der Waals surface area contributed by atoms with E-state index in [-0.39, 0.29) is 18.5 Å². The lowest BCUT2D eigenvalue weighted by Gasteiger charge is -2.34. The van der Waals surface area contributed by atoms with Crippen LogP contribution in [-0.2, 0) is 24.1 Å². The summed E-state index contributed by atoms with van der Waals surface area (Å²) in [5.74, 6) is -2.67. The third-order valence-corrected chi connectivity index (χ3v) is 5.42. The second-order valence-corrected chi connectivity index (χ2v) is 8.09. The van der Waals surface area contributed by atoms with Crippen molar-refractivity contribution in [2.24, 2.45) is 0 Å². The number of aromatic nitrogens is 2. The lowest BCUT2D eigenvalue weighted by atomic mass is 9.67. The summed E-state index contributed by atoms with van der Waals surface area (Å²) in [4.78, 5) is 33.7. The summed E-state index contributed by atoms with van der Waals surface area (Å²) < 4.78 is 0. The van der Waals surface area contributed by atoms with Crippen LogP contribution in [0.15, 0.2) is 73.2 Å². The quantitative estimate of drug-likeness (QED) is 0.277. The van der Waals surface area contributed by atoms with Gasteiger partial charge in [-0.2, -0.15) is 0 Å². The van der Waals surface area contributed by atoms with Gasteiger partial charge in [-0.3, -0.25) is 14.6 Å². The van der Waals surface area contributed by atoms with E-state index in [1.807, 2.05) is 43.3 Å². The highest BCUT2D eigenvalue weighted by molar-refractivity contribution is 6.58. The number of nitrogens with zero attached hydrogens (tertiary/aromatic N) is 2. The topological polar surface area (TPSA) is 145 Å². The van der Waals surface area contributed by atoms with Crippen molar-refractivity contribution in [3.05, 3.63) is 95.6 Å². The first kappa shape index (κ1) is 25.0. The van der Waals surface area contributed by atoms with Gasteiger partial charge >= 0.3 is 6.75 Å². The molecule has 0 aliphatic rings. The van der Waals surface area contributed by atoms with E-state index in [4.69, 9.17) is 0 Å². The van der Waals surface area contributed by atoms with Crippen LogP contribution in [0.3, 0.4) is 0 Å². The number of hydrogen-bond donors (Lipinski definition) is 5. The molecule has 0 unspecified atom stereocenters. The Kier molecular flexibility index (Phi) is 8.47. The molecule has 2 aromatic carbocycles. The van der Waals surface area contributed by atoms with Crippen molar-refractivity contribution in [3.63, 3.8) is 0 Å². The average molecular weight is 463 g/mol. The minimum absolute atomic E-state index is 0.0146. The Morgan fingerprint density at radius 1 is 0.912 bits per heavy atom. The van der Waals surface area contributed by atoms with Crippen LogP contribution in [0.4, 0.5) is 0 Å². The molecule has 0 saturated heterocycles. The maximum Gasteiger partial charge on any atom is 0.394 e. The molecule has 34 heavy (non-hydrogen) atoms. The van der Waals surface area contributed by atoms with Gasteiger partial charge in [0, 0.05) is 18.8 Å². The van der Waals surface area contributed by atoms with Gasteiger partial charge in [0.25, 0.3) is 5.91 Å². The molecule has 5 N–H and O–H groups in total. The largest absolute Gasteiger partial charge is 0.558 e. The smallest absolute Gasteiger partial charge is 0.394 e. The van der Waals surface area contributed by atoms with Gasteiger partial charge in [-0.05, 0) is 35.5 Å².